The van der Waals surface area contributed by atoms with Crippen LogP contribution in [-0.4, -0.2) is 42.0 Å². The second-order valence-electron chi connectivity index (χ2n) is 7.64. The molecule has 144 valence electrons. The fourth-order valence-electron chi connectivity index (χ4n) is 4.69. The molecule has 5 nitrogen and oxygen atoms in total. The summed E-state index contributed by atoms with van der Waals surface area (Å²) in [6, 6.07) is 5.56. The third-order valence-corrected chi connectivity index (χ3v) is 6.08. The molecule has 0 aromatic heterocycles. The number of halogens is 3. The van der Waals surface area contributed by atoms with Crippen LogP contribution in [0.25, 0.3) is 0 Å². The number of nitriles is 1. The molecule has 4 atom stereocenters. The minimum absolute atomic E-state index is 0.00138. The van der Waals surface area contributed by atoms with Crippen molar-refractivity contribution >= 4 is 11.6 Å². The topological polar surface area (TPSA) is 59.4 Å². The lowest BCUT2D eigenvalue weighted by atomic mass is 9.95. The van der Waals surface area contributed by atoms with Gasteiger partial charge in [0.05, 0.1) is 23.6 Å². The number of rotatable bonds is 3. The van der Waals surface area contributed by atoms with E-state index in [-0.39, 0.29) is 30.0 Å². The lowest BCUT2D eigenvalue weighted by Gasteiger charge is -2.24. The van der Waals surface area contributed by atoms with Gasteiger partial charge in [0.2, 0.25) is 5.91 Å². The minimum atomic E-state index is -4.37. The zero-order valence-electron chi connectivity index (χ0n) is 14.7. The molecule has 0 saturated carbocycles. The highest BCUT2D eigenvalue weighted by Crippen LogP contribution is 2.37. The maximum atomic E-state index is 12.9. The summed E-state index contributed by atoms with van der Waals surface area (Å²) in [4.78, 5) is 16.3. The SMILES string of the molecule is N#CN1[C@H]2CC[C@@H]1[C@H](NC(=O)[C@@H]1CCN(c3cccc(C(F)(F)F)c3)C1)C2. The van der Waals surface area contributed by atoms with E-state index in [2.05, 4.69) is 11.5 Å². The van der Waals surface area contributed by atoms with Crippen molar-refractivity contribution in [2.24, 2.45) is 5.92 Å². The van der Waals surface area contributed by atoms with Crippen LogP contribution in [-0.2, 0) is 11.0 Å². The molecule has 0 aliphatic carbocycles. The Hall–Kier alpha value is -2.43. The fraction of sp³-hybridized carbons (Fsp3) is 0.579. The summed E-state index contributed by atoms with van der Waals surface area (Å²) < 4.78 is 38.7. The van der Waals surface area contributed by atoms with Gasteiger partial charge in [-0.05, 0) is 43.9 Å². The van der Waals surface area contributed by atoms with E-state index >= 15 is 0 Å². The maximum Gasteiger partial charge on any atom is 0.416 e. The van der Waals surface area contributed by atoms with Gasteiger partial charge in [0, 0.05) is 24.8 Å². The first-order valence-corrected chi connectivity index (χ1v) is 9.27. The largest absolute Gasteiger partial charge is 0.416 e. The first kappa shape index (κ1) is 18.0. The molecule has 1 amide bonds. The lowest BCUT2D eigenvalue weighted by Crippen LogP contribution is -2.46. The van der Waals surface area contributed by atoms with Gasteiger partial charge in [-0.1, -0.05) is 6.07 Å². The van der Waals surface area contributed by atoms with Crippen molar-refractivity contribution in [3.05, 3.63) is 29.8 Å². The van der Waals surface area contributed by atoms with Gasteiger partial charge in [0.15, 0.2) is 6.19 Å². The van der Waals surface area contributed by atoms with Gasteiger partial charge in [-0.15, -0.1) is 0 Å². The second-order valence-corrected chi connectivity index (χ2v) is 7.64. The average Bonchev–Trinajstić information content (AvgIpc) is 3.35. The molecule has 0 radical (unpaired) electrons. The van der Waals surface area contributed by atoms with Crippen LogP contribution in [0.5, 0.6) is 0 Å². The molecule has 1 aromatic carbocycles. The molecule has 1 N–H and O–H groups in total. The Balaban J connectivity index is 1.37. The quantitative estimate of drug-likeness (QED) is 0.822. The highest BCUT2D eigenvalue weighted by molar-refractivity contribution is 5.80. The monoisotopic (exact) mass is 378 g/mol. The molecule has 8 heteroatoms. The van der Waals surface area contributed by atoms with E-state index < -0.39 is 11.7 Å². The number of hydrogen-bond donors (Lipinski definition) is 1. The number of hydrogen-bond acceptors (Lipinski definition) is 4. The number of carbonyl (C=O) groups excluding carboxylic acids is 1. The predicted molar refractivity (Wildman–Crippen MR) is 92.6 cm³/mol. The van der Waals surface area contributed by atoms with Crippen LogP contribution in [0.3, 0.4) is 0 Å². The number of alkyl halides is 3. The number of nitrogens with one attached hydrogen (secondary N) is 1. The zero-order valence-corrected chi connectivity index (χ0v) is 14.7. The molecule has 3 aliphatic rings. The van der Waals surface area contributed by atoms with Crippen molar-refractivity contribution in [2.75, 3.05) is 18.0 Å². The smallest absolute Gasteiger partial charge is 0.371 e. The molecule has 0 unspecified atom stereocenters. The average molecular weight is 378 g/mol. The molecule has 3 saturated heterocycles. The van der Waals surface area contributed by atoms with Gasteiger partial charge in [-0.3, -0.25) is 4.79 Å². The molecule has 0 spiro atoms. The third kappa shape index (κ3) is 3.31. The van der Waals surface area contributed by atoms with Crippen LogP contribution in [0.2, 0.25) is 0 Å². The minimum Gasteiger partial charge on any atom is -0.371 e. The van der Waals surface area contributed by atoms with Crippen molar-refractivity contribution in [3.63, 3.8) is 0 Å². The third-order valence-electron chi connectivity index (χ3n) is 6.08. The number of benzene rings is 1. The summed E-state index contributed by atoms with van der Waals surface area (Å²) in [5.74, 6) is -0.297. The highest BCUT2D eigenvalue weighted by atomic mass is 19.4. The summed E-state index contributed by atoms with van der Waals surface area (Å²) in [7, 11) is 0. The molecule has 2 bridgehead atoms. The fourth-order valence-corrected chi connectivity index (χ4v) is 4.69. The molecular weight excluding hydrogens is 357 g/mol. The van der Waals surface area contributed by atoms with E-state index in [1.807, 2.05) is 4.90 Å². The summed E-state index contributed by atoms with van der Waals surface area (Å²) in [6.07, 6.45) is 1.19. The van der Waals surface area contributed by atoms with Gasteiger partial charge >= 0.3 is 6.18 Å². The molecule has 4 rings (SSSR count). The van der Waals surface area contributed by atoms with Gasteiger partial charge in [-0.2, -0.15) is 18.4 Å². The standard InChI is InChI=1S/C19H21F3N4O/c20-19(21,22)13-2-1-3-14(8-13)25-7-6-12(10-25)18(27)24-16-9-15-4-5-17(16)26(15)11-23/h1-3,8,12,15-17H,4-7,9-10H2,(H,24,27)/t12-,15+,16-,17-/m1/s1. The zero-order chi connectivity index (χ0) is 19.2. The Morgan fingerprint density at radius 3 is 2.78 bits per heavy atom. The normalized spacial score (nSPS) is 29.9. The first-order valence-electron chi connectivity index (χ1n) is 9.27. The van der Waals surface area contributed by atoms with Crippen molar-refractivity contribution in [1.82, 2.24) is 10.2 Å². The first-order chi connectivity index (χ1) is 12.9. The predicted octanol–water partition coefficient (Wildman–Crippen LogP) is 2.73. The maximum absolute atomic E-state index is 12.9. The van der Waals surface area contributed by atoms with Crippen molar-refractivity contribution in [2.45, 2.75) is 50.0 Å². The molecule has 3 aliphatic heterocycles. The Morgan fingerprint density at radius 1 is 1.26 bits per heavy atom. The molecule has 3 fully saturated rings. The number of nitrogens with zero attached hydrogens (tertiary/aromatic N) is 3. The molecule has 3 heterocycles. The lowest BCUT2D eigenvalue weighted by molar-refractivity contribution is -0.137. The van der Waals surface area contributed by atoms with Crippen LogP contribution < -0.4 is 10.2 Å². The van der Waals surface area contributed by atoms with E-state index in [0.717, 1.165) is 31.4 Å². The molecular formula is C19H21F3N4O. The van der Waals surface area contributed by atoms with Crippen LogP contribution in [0.1, 0.15) is 31.2 Å². The van der Waals surface area contributed by atoms with Crippen LogP contribution in [0.15, 0.2) is 24.3 Å². The number of fused-ring (bicyclic) bond motifs is 2. The molecule has 1 aromatic rings. The summed E-state index contributed by atoms with van der Waals surface area (Å²) in [6.45, 7) is 0.969. The van der Waals surface area contributed by atoms with E-state index in [1.54, 1.807) is 11.0 Å². The van der Waals surface area contributed by atoms with E-state index in [4.69, 9.17) is 0 Å². The van der Waals surface area contributed by atoms with Gasteiger partial charge in [0.1, 0.15) is 0 Å². The Morgan fingerprint density at radius 2 is 2.07 bits per heavy atom. The van der Waals surface area contributed by atoms with Crippen LogP contribution >= 0.6 is 0 Å². The van der Waals surface area contributed by atoms with Crippen molar-refractivity contribution in [3.8, 4) is 6.19 Å². The van der Waals surface area contributed by atoms with Gasteiger partial charge in [0.25, 0.3) is 0 Å². The Labute approximate surface area is 155 Å². The number of anilines is 1. The van der Waals surface area contributed by atoms with Gasteiger partial charge in [-0.25, -0.2) is 0 Å². The summed E-state index contributed by atoms with van der Waals surface area (Å²) >= 11 is 0. The van der Waals surface area contributed by atoms with Crippen LogP contribution in [0.4, 0.5) is 18.9 Å². The number of carbonyl (C=O) groups is 1. The van der Waals surface area contributed by atoms with Crippen LogP contribution in [0, 0.1) is 17.4 Å². The van der Waals surface area contributed by atoms with E-state index in [9.17, 15) is 23.2 Å². The highest BCUT2D eigenvalue weighted by Gasteiger charge is 2.47. The second kappa shape index (κ2) is 6.63. The summed E-state index contributed by atoms with van der Waals surface area (Å²) in [5.41, 5.74) is -0.179. The van der Waals surface area contributed by atoms with E-state index in [1.165, 1.54) is 6.07 Å². The summed E-state index contributed by atoms with van der Waals surface area (Å²) in [5, 5.41) is 12.3. The van der Waals surface area contributed by atoms with Crippen molar-refractivity contribution in [1.29, 1.82) is 5.26 Å². The Kier molecular flexibility index (Phi) is 4.41. The van der Waals surface area contributed by atoms with Crippen molar-refractivity contribution < 1.29 is 18.0 Å². The Bertz CT molecular complexity index is 775. The molecule has 27 heavy (non-hydrogen) atoms. The van der Waals surface area contributed by atoms with Gasteiger partial charge < -0.3 is 15.1 Å². The van der Waals surface area contributed by atoms with E-state index in [0.29, 0.717) is 25.2 Å². The number of amides is 1.